The van der Waals surface area contributed by atoms with E-state index in [0.29, 0.717) is 6.04 Å². The van der Waals surface area contributed by atoms with Gasteiger partial charge in [0.15, 0.2) is 0 Å². The van der Waals surface area contributed by atoms with Gasteiger partial charge in [0.25, 0.3) is 0 Å². The first-order valence-electron chi connectivity index (χ1n) is 6.72. The van der Waals surface area contributed by atoms with Crippen LogP contribution in [0, 0.1) is 6.92 Å². The van der Waals surface area contributed by atoms with E-state index in [0.717, 1.165) is 25.1 Å². The highest BCUT2D eigenvalue weighted by Gasteiger charge is 2.22. The molecule has 3 unspecified atom stereocenters. The van der Waals surface area contributed by atoms with Gasteiger partial charge in [0, 0.05) is 19.0 Å². The molecule has 0 radical (unpaired) electrons. The van der Waals surface area contributed by atoms with E-state index >= 15 is 0 Å². The number of hydrogen-bond donors (Lipinski definition) is 2. The van der Waals surface area contributed by atoms with E-state index < -0.39 is 0 Å². The lowest BCUT2D eigenvalue weighted by Crippen LogP contribution is -2.37. The summed E-state index contributed by atoms with van der Waals surface area (Å²) in [5.74, 6) is 1.02. The zero-order valence-electron chi connectivity index (χ0n) is 11.4. The number of ether oxygens (including phenoxy) is 1. The molecule has 3 atom stereocenters. The van der Waals surface area contributed by atoms with Crippen LogP contribution in [0.25, 0.3) is 0 Å². The van der Waals surface area contributed by atoms with Crippen molar-refractivity contribution in [2.45, 2.75) is 51.9 Å². The van der Waals surface area contributed by atoms with Crippen molar-refractivity contribution in [3.8, 4) is 5.75 Å². The predicted octanol–water partition coefficient (Wildman–Crippen LogP) is 2.05. The largest absolute Gasteiger partial charge is 0.488 e. The number of rotatable bonds is 5. The highest BCUT2D eigenvalue weighted by atomic mass is 16.5. The molecule has 0 aliphatic carbocycles. The fourth-order valence-corrected chi connectivity index (χ4v) is 2.49. The van der Waals surface area contributed by atoms with Gasteiger partial charge in [-0.3, -0.25) is 0 Å². The number of benzene rings is 1. The van der Waals surface area contributed by atoms with Gasteiger partial charge in [-0.05, 0) is 38.8 Å². The van der Waals surface area contributed by atoms with Gasteiger partial charge in [0.05, 0.1) is 6.10 Å². The highest BCUT2D eigenvalue weighted by molar-refractivity contribution is 5.40. The van der Waals surface area contributed by atoms with Crippen LogP contribution in [0.15, 0.2) is 18.2 Å². The molecule has 1 aromatic carbocycles. The quantitative estimate of drug-likeness (QED) is 0.839. The van der Waals surface area contributed by atoms with Gasteiger partial charge < -0.3 is 15.2 Å². The molecule has 1 heterocycles. The van der Waals surface area contributed by atoms with Gasteiger partial charge in [-0.1, -0.05) is 17.7 Å². The number of aliphatic hydroxyl groups is 1. The Bertz CT molecular complexity index is 403. The van der Waals surface area contributed by atoms with Crippen molar-refractivity contribution in [1.29, 1.82) is 0 Å². The van der Waals surface area contributed by atoms with Crippen LogP contribution in [0.5, 0.6) is 5.75 Å². The third kappa shape index (κ3) is 3.47. The monoisotopic (exact) mass is 249 g/mol. The highest BCUT2D eigenvalue weighted by Crippen LogP contribution is 2.29. The smallest absolute Gasteiger partial charge is 0.123 e. The molecule has 100 valence electrons. The molecule has 3 nitrogen and oxygen atoms in total. The van der Waals surface area contributed by atoms with E-state index in [4.69, 9.17) is 4.74 Å². The molecule has 0 bridgehead atoms. The maximum Gasteiger partial charge on any atom is 0.123 e. The van der Waals surface area contributed by atoms with Crippen LogP contribution >= 0.6 is 0 Å². The maximum absolute atomic E-state index is 9.32. The summed E-state index contributed by atoms with van der Waals surface area (Å²) in [6, 6.07) is 6.67. The zero-order valence-corrected chi connectivity index (χ0v) is 11.4. The summed E-state index contributed by atoms with van der Waals surface area (Å²) in [6.07, 6.45) is 1.72. The molecule has 1 aliphatic rings. The number of hydrogen-bond acceptors (Lipinski definition) is 3. The van der Waals surface area contributed by atoms with Crippen LogP contribution in [0.4, 0.5) is 0 Å². The van der Waals surface area contributed by atoms with Crippen molar-refractivity contribution in [3.63, 3.8) is 0 Å². The lowest BCUT2D eigenvalue weighted by atomic mass is 10.1. The summed E-state index contributed by atoms with van der Waals surface area (Å²) in [4.78, 5) is 0. The second kappa shape index (κ2) is 5.72. The molecule has 0 saturated carbocycles. The van der Waals surface area contributed by atoms with Gasteiger partial charge >= 0.3 is 0 Å². The maximum atomic E-state index is 9.32. The Morgan fingerprint density at radius 1 is 1.44 bits per heavy atom. The normalized spacial score (nSPS) is 21.2. The van der Waals surface area contributed by atoms with Crippen LogP contribution in [0.3, 0.4) is 0 Å². The van der Waals surface area contributed by atoms with Crippen molar-refractivity contribution < 1.29 is 9.84 Å². The first-order chi connectivity index (χ1) is 8.54. The third-order valence-electron chi connectivity index (χ3n) is 3.35. The topological polar surface area (TPSA) is 41.5 Å². The molecule has 0 amide bonds. The first-order valence-corrected chi connectivity index (χ1v) is 6.72. The van der Waals surface area contributed by atoms with Gasteiger partial charge in [0.2, 0.25) is 0 Å². The lowest BCUT2D eigenvalue weighted by Gasteiger charge is -2.18. The molecule has 0 spiro atoms. The van der Waals surface area contributed by atoms with Crippen LogP contribution in [-0.4, -0.2) is 29.9 Å². The summed E-state index contributed by atoms with van der Waals surface area (Å²) in [6.45, 7) is 6.86. The van der Waals surface area contributed by atoms with Crippen molar-refractivity contribution in [2.24, 2.45) is 0 Å². The molecule has 3 heteroatoms. The van der Waals surface area contributed by atoms with Crippen molar-refractivity contribution in [2.75, 3.05) is 6.54 Å². The Labute approximate surface area is 109 Å². The van der Waals surface area contributed by atoms with E-state index in [1.54, 1.807) is 0 Å². The average Bonchev–Trinajstić information content (AvgIpc) is 2.67. The van der Waals surface area contributed by atoms with E-state index in [1.807, 2.05) is 6.92 Å². The third-order valence-corrected chi connectivity index (χ3v) is 3.35. The summed E-state index contributed by atoms with van der Waals surface area (Å²) >= 11 is 0. The Kier molecular flexibility index (Phi) is 4.25. The minimum Gasteiger partial charge on any atom is -0.488 e. The van der Waals surface area contributed by atoms with Crippen molar-refractivity contribution in [3.05, 3.63) is 29.3 Å². The number of aryl methyl sites for hydroxylation is 1. The lowest BCUT2D eigenvalue weighted by molar-refractivity contribution is 0.163. The van der Waals surface area contributed by atoms with E-state index in [9.17, 15) is 5.11 Å². The summed E-state index contributed by atoms with van der Waals surface area (Å²) in [5.41, 5.74) is 2.60. The fourth-order valence-electron chi connectivity index (χ4n) is 2.49. The Morgan fingerprint density at radius 2 is 2.22 bits per heavy atom. The van der Waals surface area contributed by atoms with Crippen molar-refractivity contribution in [1.82, 2.24) is 5.32 Å². The van der Waals surface area contributed by atoms with Crippen LogP contribution in [0.2, 0.25) is 0 Å². The van der Waals surface area contributed by atoms with Gasteiger partial charge in [-0.2, -0.15) is 0 Å². The molecule has 1 aromatic rings. The molecule has 0 aromatic heterocycles. The average molecular weight is 249 g/mol. The summed E-state index contributed by atoms with van der Waals surface area (Å²) < 4.78 is 5.89. The number of nitrogens with one attached hydrogen (secondary N) is 1. The zero-order chi connectivity index (χ0) is 13.1. The van der Waals surface area contributed by atoms with E-state index in [2.05, 4.69) is 37.4 Å². The minimum absolute atomic E-state index is 0.221. The molecule has 18 heavy (non-hydrogen) atoms. The van der Waals surface area contributed by atoms with Gasteiger partial charge in [-0.15, -0.1) is 0 Å². The minimum atomic E-state index is -0.253. The second-order valence-electron chi connectivity index (χ2n) is 5.45. The first kappa shape index (κ1) is 13.4. The van der Waals surface area contributed by atoms with Gasteiger partial charge in [0.1, 0.15) is 11.9 Å². The van der Waals surface area contributed by atoms with E-state index in [-0.39, 0.29) is 12.2 Å². The Hall–Kier alpha value is -1.06. The van der Waals surface area contributed by atoms with Crippen LogP contribution in [-0.2, 0) is 6.42 Å². The summed E-state index contributed by atoms with van der Waals surface area (Å²) in [7, 11) is 0. The predicted molar refractivity (Wildman–Crippen MR) is 73.1 cm³/mol. The number of fused-ring (bicyclic) bond motifs is 1. The van der Waals surface area contributed by atoms with E-state index in [1.165, 1.54) is 11.1 Å². The molecular formula is C15H23NO2. The fraction of sp³-hybridized carbons (Fsp3) is 0.600. The molecule has 1 aliphatic heterocycles. The number of aliphatic hydroxyl groups excluding tert-OH is 1. The molecule has 2 rings (SSSR count). The molecular weight excluding hydrogens is 226 g/mol. The SMILES string of the molecule is Cc1ccc2c(c1)CC(CNC(C)CC(C)O)O2. The van der Waals surface area contributed by atoms with Crippen LogP contribution < -0.4 is 10.1 Å². The standard InChI is InChI=1S/C15H23NO2/c1-10-4-5-15-13(6-10)8-14(18-15)9-16-11(2)7-12(3)17/h4-6,11-12,14,16-17H,7-9H2,1-3H3. The van der Waals surface area contributed by atoms with Crippen molar-refractivity contribution >= 4 is 0 Å². The Balaban J connectivity index is 1.81. The second-order valence-corrected chi connectivity index (χ2v) is 5.45. The summed E-state index contributed by atoms with van der Waals surface area (Å²) in [5, 5.41) is 12.7. The Morgan fingerprint density at radius 3 is 2.94 bits per heavy atom. The molecule has 0 saturated heterocycles. The van der Waals surface area contributed by atoms with Gasteiger partial charge in [-0.25, -0.2) is 0 Å². The van der Waals surface area contributed by atoms with Crippen LogP contribution in [0.1, 0.15) is 31.4 Å². The molecule has 0 fully saturated rings. The molecule has 2 N–H and O–H groups in total.